The monoisotopic (exact) mass is 486 g/mol. The molecule has 3 rings (SSSR count). The Labute approximate surface area is 200 Å². The number of nitrogens with zero attached hydrogens (tertiary/aromatic N) is 3. The minimum Gasteiger partial charge on any atom is -0.495 e. The van der Waals surface area contributed by atoms with Crippen molar-refractivity contribution in [2.45, 2.75) is 25.3 Å². The third-order valence-electron chi connectivity index (χ3n) is 5.48. The van der Waals surface area contributed by atoms with Crippen LogP contribution in [0.1, 0.15) is 27.3 Å². The molecular weight excluding hydrogens is 456 g/mol. The standard InChI is InChI=1S/C24H30N4O5S/c1-17-21(18(2)28(26-17)20-9-7-6-8-10-20)16-27(3)24(29)19-11-12-22(33-5)23(15-19)34(30,31)25-13-14-32-4/h6-12,15,25H,13-14,16H2,1-5H3. The molecule has 182 valence electrons. The molecule has 0 fully saturated rings. The highest BCUT2D eigenvalue weighted by Crippen LogP contribution is 2.26. The number of carbonyl (C=O) groups is 1. The number of ether oxygens (including phenoxy) is 2. The quantitative estimate of drug-likeness (QED) is 0.442. The molecule has 0 radical (unpaired) electrons. The van der Waals surface area contributed by atoms with Crippen LogP contribution in [0.2, 0.25) is 0 Å². The van der Waals surface area contributed by atoms with Gasteiger partial charge in [0.1, 0.15) is 10.6 Å². The lowest BCUT2D eigenvalue weighted by atomic mass is 10.1. The Kier molecular flexibility index (Phi) is 8.08. The first kappa shape index (κ1) is 25.4. The van der Waals surface area contributed by atoms with Gasteiger partial charge in [0.25, 0.3) is 5.91 Å². The van der Waals surface area contributed by atoms with Crippen LogP contribution in [-0.4, -0.2) is 63.4 Å². The Morgan fingerprint density at radius 3 is 2.47 bits per heavy atom. The average molecular weight is 487 g/mol. The van der Waals surface area contributed by atoms with Crippen molar-refractivity contribution in [3.63, 3.8) is 0 Å². The topological polar surface area (TPSA) is 103 Å². The SMILES string of the molecule is COCCNS(=O)(=O)c1cc(C(=O)N(C)Cc2c(C)nn(-c3ccccc3)c2C)ccc1OC. The second kappa shape index (κ2) is 10.8. The van der Waals surface area contributed by atoms with Gasteiger partial charge in [0.05, 0.1) is 25.1 Å². The first-order valence-corrected chi connectivity index (χ1v) is 12.2. The zero-order chi connectivity index (χ0) is 24.9. The number of methoxy groups -OCH3 is 2. The van der Waals surface area contributed by atoms with E-state index in [1.165, 1.54) is 26.4 Å². The largest absolute Gasteiger partial charge is 0.495 e. The summed E-state index contributed by atoms with van der Waals surface area (Å²) in [5, 5.41) is 4.63. The fraction of sp³-hybridized carbons (Fsp3) is 0.333. The molecule has 2 aromatic carbocycles. The number of sulfonamides is 1. The lowest BCUT2D eigenvalue weighted by Crippen LogP contribution is -2.29. The van der Waals surface area contributed by atoms with Gasteiger partial charge in [-0.25, -0.2) is 17.8 Å². The van der Waals surface area contributed by atoms with Crippen molar-refractivity contribution in [3.05, 3.63) is 71.0 Å². The van der Waals surface area contributed by atoms with Crippen molar-refractivity contribution in [2.75, 3.05) is 34.4 Å². The van der Waals surface area contributed by atoms with Crippen LogP contribution in [0, 0.1) is 13.8 Å². The summed E-state index contributed by atoms with van der Waals surface area (Å²) < 4.78 is 40.0. The molecule has 0 saturated carbocycles. The predicted molar refractivity (Wildman–Crippen MR) is 129 cm³/mol. The molecular formula is C24H30N4O5S. The van der Waals surface area contributed by atoms with Gasteiger partial charge in [-0.2, -0.15) is 5.10 Å². The summed E-state index contributed by atoms with van der Waals surface area (Å²) in [6.07, 6.45) is 0. The third-order valence-corrected chi connectivity index (χ3v) is 6.96. The van der Waals surface area contributed by atoms with E-state index in [2.05, 4.69) is 9.82 Å². The number of hydrogen-bond acceptors (Lipinski definition) is 6. The molecule has 0 saturated heterocycles. The van der Waals surface area contributed by atoms with Gasteiger partial charge in [0.2, 0.25) is 10.0 Å². The van der Waals surface area contributed by atoms with Crippen molar-refractivity contribution >= 4 is 15.9 Å². The molecule has 10 heteroatoms. The zero-order valence-electron chi connectivity index (χ0n) is 20.0. The van der Waals surface area contributed by atoms with E-state index in [4.69, 9.17) is 9.47 Å². The van der Waals surface area contributed by atoms with Crippen molar-refractivity contribution in [1.82, 2.24) is 19.4 Å². The summed E-state index contributed by atoms with van der Waals surface area (Å²) in [6.45, 7) is 4.51. The zero-order valence-corrected chi connectivity index (χ0v) is 20.8. The fourth-order valence-corrected chi connectivity index (χ4v) is 4.84. The van der Waals surface area contributed by atoms with Crippen LogP contribution in [-0.2, 0) is 21.3 Å². The highest BCUT2D eigenvalue weighted by molar-refractivity contribution is 7.89. The second-order valence-electron chi connectivity index (χ2n) is 7.81. The smallest absolute Gasteiger partial charge is 0.253 e. The number of carbonyl (C=O) groups excluding carboxylic acids is 1. The summed E-state index contributed by atoms with van der Waals surface area (Å²) >= 11 is 0. The van der Waals surface area contributed by atoms with E-state index in [-0.39, 0.29) is 35.3 Å². The molecule has 0 atom stereocenters. The summed E-state index contributed by atoms with van der Waals surface area (Å²) in [6, 6.07) is 14.1. The van der Waals surface area contributed by atoms with E-state index >= 15 is 0 Å². The maximum Gasteiger partial charge on any atom is 0.253 e. The van der Waals surface area contributed by atoms with Gasteiger partial charge in [-0.3, -0.25) is 4.79 Å². The van der Waals surface area contributed by atoms with Gasteiger partial charge >= 0.3 is 0 Å². The van der Waals surface area contributed by atoms with Crippen LogP contribution in [0.25, 0.3) is 5.69 Å². The number of aryl methyl sites for hydroxylation is 1. The summed E-state index contributed by atoms with van der Waals surface area (Å²) in [5.74, 6) is -0.165. The van der Waals surface area contributed by atoms with Crippen LogP contribution in [0.4, 0.5) is 0 Å². The van der Waals surface area contributed by atoms with Gasteiger partial charge in [0.15, 0.2) is 0 Å². The molecule has 1 amide bonds. The Bertz CT molecular complexity index is 1260. The molecule has 34 heavy (non-hydrogen) atoms. The molecule has 0 bridgehead atoms. The van der Waals surface area contributed by atoms with Gasteiger partial charge in [-0.1, -0.05) is 18.2 Å². The number of para-hydroxylation sites is 1. The highest BCUT2D eigenvalue weighted by Gasteiger charge is 2.23. The molecule has 3 aromatic rings. The molecule has 0 aliphatic carbocycles. The van der Waals surface area contributed by atoms with Gasteiger partial charge in [0, 0.05) is 44.1 Å². The number of aromatic nitrogens is 2. The van der Waals surface area contributed by atoms with Crippen LogP contribution < -0.4 is 9.46 Å². The number of rotatable bonds is 10. The summed E-state index contributed by atoms with van der Waals surface area (Å²) in [4.78, 5) is 14.7. The summed E-state index contributed by atoms with van der Waals surface area (Å²) in [7, 11) is 0.646. The van der Waals surface area contributed by atoms with E-state index in [0.29, 0.717) is 6.54 Å². The van der Waals surface area contributed by atoms with Crippen LogP contribution in [0.3, 0.4) is 0 Å². The number of nitrogens with one attached hydrogen (secondary N) is 1. The molecule has 0 aliphatic heterocycles. The molecule has 0 unspecified atom stereocenters. The Morgan fingerprint density at radius 2 is 1.82 bits per heavy atom. The van der Waals surface area contributed by atoms with E-state index in [9.17, 15) is 13.2 Å². The Morgan fingerprint density at radius 1 is 1.12 bits per heavy atom. The molecule has 1 aromatic heterocycles. The summed E-state index contributed by atoms with van der Waals surface area (Å²) in [5.41, 5.74) is 3.86. The minimum atomic E-state index is -3.90. The molecule has 1 N–H and O–H groups in total. The number of amides is 1. The van der Waals surface area contributed by atoms with Crippen LogP contribution in [0.5, 0.6) is 5.75 Å². The van der Waals surface area contributed by atoms with Gasteiger partial charge in [-0.15, -0.1) is 0 Å². The minimum absolute atomic E-state index is 0.101. The Balaban J connectivity index is 1.86. The van der Waals surface area contributed by atoms with Crippen LogP contribution in [0.15, 0.2) is 53.4 Å². The number of hydrogen-bond donors (Lipinski definition) is 1. The normalized spacial score (nSPS) is 11.4. The van der Waals surface area contributed by atoms with Crippen molar-refractivity contribution < 1.29 is 22.7 Å². The second-order valence-corrected chi connectivity index (χ2v) is 9.55. The maximum atomic E-state index is 13.2. The predicted octanol–water partition coefficient (Wildman–Crippen LogP) is 2.69. The Hall–Kier alpha value is -3.21. The lowest BCUT2D eigenvalue weighted by molar-refractivity contribution is 0.0784. The van der Waals surface area contributed by atoms with E-state index in [1.54, 1.807) is 18.0 Å². The van der Waals surface area contributed by atoms with E-state index in [0.717, 1.165) is 22.6 Å². The van der Waals surface area contributed by atoms with Gasteiger partial charge in [-0.05, 0) is 44.2 Å². The average Bonchev–Trinajstić information content (AvgIpc) is 3.12. The molecule has 9 nitrogen and oxygen atoms in total. The number of benzene rings is 2. The first-order valence-electron chi connectivity index (χ1n) is 10.7. The molecule has 1 heterocycles. The molecule has 0 spiro atoms. The van der Waals surface area contributed by atoms with Crippen molar-refractivity contribution in [3.8, 4) is 11.4 Å². The van der Waals surface area contributed by atoms with Crippen molar-refractivity contribution in [2.24, 2.45) is 0 Å². The fourth-order valence-electron chi connectivity index (χ4n) is 3.63. The van der Waals surface area contributed by atoms with E-state index in [1.807, 2.05) is 48.9 Å². The first-order chi connectivity index (χ1) is 16.2. The lowest BCUT2D eigenvalue weighted by Gasteiger charge is -2.19. The maximum absolute atomic E-state index is 13.2. The molecule has 0 aliphatic rings. The van der Waals surface area contributed by atoms with E-state index < -0.39 is 10.0 Å². The van der Waals surface area contributed by atoms with Crippen LogP contribution >= 0.6 is 0 Å². The van der Waals surface area contributed by atoms with Crippen molar-refractivity contribution in [1.29, 1.82) is 0 Å². The highest BCUT2D eigenvalue weighted by atomic mass is 32.2. The third kappa shape index (κ3) is 5.46. The van der Waals surface area contributed by atoms with Gasteiger partial charge < -0.3 is 14.4 Å².